The number of benzene rings is 1. The second kappa shape index (κ2) is 6.15. The molecule has 1 aromatic rings. The summed E-state index contributed by atoms with van der Waals surface area (Å²) in [6.07, 6.45) is 2.11. The third kappa shape index (κ3) is 3.53. The van der Waals surface area contributed by atoms with Gasteiger partial charge in [-0.05, 0) is 50.4 Å². The first-order chi connectivity index (χ1) is 7.99. The summed E-state index contributed by atoms with van der Waals surface area (Å²) in [5.41, 5.74) is 2.87. The van der Waals surface area contributed by atoms with Gasteiger partial charge in [-0.2, -0.15) is 0 Å². The quantitative estimate of drug-likeness (QED) is 0.811. The second-order valence-corrected chi connectivity index (χ2v) is 5.07. The van der Waals surface area contributed by atoms with Crippen LogP contribution in [0.4, 0.5) is 4.39 Å². The van der Waals surface area contributed by atoms with Crippen LogP contribution in [-0.2, 0) is 0 Å². The molecule has 0 spiro atoms. The van der Waals surface area contributed by atoms with Gasteiger partial charge in [0, 0.05) is 11.6 Å². The van der Waals surface area contributed by atoms with Crippen LogP contribution in [0.3, 0.4) is 0 Å². The van der Waals surface area contributed by atoms with Crippen LogP contribution < -0.4 is 5.32 Å². The first kappa shape index (κ1) is 14.2. The van der Waals surface area contributed by atoms with Crippen LogP contribution in [0.15, 0.2) is 12.1 Å². The van der Waals surface area contributed by atoms with Crippen molar-refractivity contribution in [1.82, 2.24) is 5.32 Å². The molecular weight excluding hydrogens is 213 g/mol. The monoisotopic (exact) mass is 237 g/mol. The van der Waals surface area contributed by atoms with Crippen molar-refractivity contribution in [2.45, 2.75) is 46.6 Å². The van der Waals surface area contributed by atoms with Crippen molar-refractivity contribution in [2.24, 2.45) is 5.92 Å². The van der Waals surface area contributed by atoms with Gasteiger partial charge in [0.15, 0.2) is 0 Å². The fraction of sp³-hybridized carbons (Fsp3) is 0.600. The SMILES string of the molecule is CCC(C)CC(NC)c1c(C)cc(C)cc1F. The van der Waals surface area contributed by atoms with E-state index in [0.717, 1.165) is 29.5 Å². The zero-order valence-electron chi connectivity index (χ0n) is 11.6. The van der Waals surface area contributed by atoms with Gasteiger partial charge in [0.2, 0.25) is 0 Å². The van der Waals surface area contributed by atoms with Crippen LogP contribution in [0.2, 0.25) is 0 Å². The Morgan fingerprint density at radius 3 is 2.41 bits per heavy atom. The molecule has 1 aromatic carbocycles. The van der Waals surface area contributed by atoms with Gasteiger partial charge in [-0.15, -0.1) is 0 Å². The van der Waals surface area contributed by atoms with E-state index in [1.165, 1.54) is 0 Å². The predicted octanol–water partition coefficient (Wildman–Crippen LogP) is 4.14. The molecular formula is C15H24FN. The topological polar surface area (TPSA) is 12.0 Å². The van der Waals surface area contributed by atoms with Gasteiger partial charge < -0.3 is 5.32 Å². The maximum atomic E-state index is 14.1. The molecule has 2 atom stereocenters. The van der Waals surface area contributed by atoms with Crippen LogP contribution in [0, 0.1) is 25.6 Å². The minimum Gasteiger partial charge on any atom is -0.313 e. The summed E-state index contributed by atoms with van der Waals surface area (Å²) in [5.74, 6) is 0.526. The smallest absolute Gasteiger partial charge is 0.128 e. The summed E-state index contributed by atoms with van der Waals surface area (Å²) in [6, 6.07) is 3.80. The molecule has 0 amide bonds. The molecule has 2 unspecified atom stereocenters. The summed E-state index contributed by atoms with van der Waals surface area (Å²) >= 11 is 0. The van der Waals surface area contributed by atoms with Crippen molar-refractivity contribution in [3.05, 3.63) is 34.6 Å². The van der Waals surface area contributed by atoms with Gasteiger partial charge in [-0.25, -0.2) is 4.39 Å². The van der Waals surface area contributed by atoms with E-state index in [4.69, 9.17) is 0 Å². The van der Waals surface area contributed by atoms with E-state index in [1.807, 2.05) is 20.9 Å². The normalized spacial score (nSPS) is 14.7. The fourth-order valence-electron chi connectivity index (χ4n) is 2.32. The average Bonchev–Trinajstić information content (AvgIpc) is 2.25. The Hall–Kier alpha value is -0.890. The summed E-state index contributed by atoms with van der Waals surface area (Å²) in [7, 11) is 1.91. The average molecular weight is 237 g/mol. The number of rotatable bonds is 5. The zero-order valence-corrected chi connectivity index (χ0v) is 11.6. The van der Waals surface area contributed by atoms with Crippen molar-refractivity contribution >= 4 is 0 Å². The largest absolute Gasteiger partial charge is 0.313 e. The van der Waals surface area contributed by atoms with Gasteiger partial charge in [0.25, 0.3) is 0 Å². The van der Waals surface area contributed by atoms with Crippen LogP contribution >= 0.6 is 0 Å². The standard InChI is InChI=1S/C15H24FN/c1-6-10(2)9-14(17-5)15-12(4)7-11(3)8-13(15)16/h7-8,10,14,17H,6,9H2,1-5H3. The minimum atomic E-state index is -0.0786. The summed E-state index contributed by atoms with van der Waals surface area (Å²) in [4.78, 5) is 0. The van der Waals surface area contributed by atoms with E-state index in [9.17, 15) is 4.39 Å². The second-order valence-electron chi connectivity index (χ2n) is 5.07. The molecule has 0 aliphatic carbocycles. The molecule has 96 valence electrons. The van der Waals surface area contributed by atoms with E-state index in [0.29, 0.717) is 5.92 Å². The molecule has 2 heteroatoms. The van der Waals surface area contributed by atoms with Crippen molar-refractivity contribution in [3.63, 3.8) is 0 Å². The highest BCUT2D eigenvalue weighted by Gasteiger charge is 2.18. The fourth-order valence-corrected chi connectivity index (χ4v) is 2.32. The molecule has 0 fully saturated rings. The molecule has 1 nitrogen and oxygen atoms in total. The first-order valence-corrected chi connectivity index (χ1v) is 6.43. The summed E-state index contributed by atoms with van der Waals surface area (Å²) in [6.45, 7) is 8.32. The molecule has 1 N–H and O–H groups in total. The Kier molecular flexibility index (Phi) is 5.13. The highest BCUT2D eigenvalue weighted by Crippen LogP contribution is 2.28. The van der Waals surface area contributed by atoms with Gasteiger partial charge in [0.1, 0.15) is 5.82 Å². The highest BCUT2D eigenvalue weighted by molar-refractivity contribution is 5.34. The number of nitrogens with one attached hydrogen (secondary N) is 1. The van der Waals surface area contributed by atoms with E-state index >= 15 is 0 Å². The number of hydrogen-bond acceptors (Lipinski definition) is 1. The van der Waals surface area contributed by atoms with Gasteiger partial charge in [0.05, 0.1) is 0 Å². The third-order valence-corrected chi connectivity index (χ3v) is 3.51. The lowest BCUT2D eigenvalue weighted by Gasteiger charge is -2.23. The van der Waals surface area contributed by atoms with Crippen LogP contribution in [0.5, 0.6) is 0 Å². The van der Waals surface area contributed by atoms with Gasteiger partial charge >= 0.3 is 0 Å². The minimum absolute atomic E-state index is 0.0786. The molecule has 17 heavy (non-hydrogen) atoms. The van der Waals surface area contributed by atoms with Gasteiger partial charge in [-0.3, -0.25) is 0 Å². The van der Waals surface area contributed by atoms with Crippen LogP contribution in [0.25, 0.3) is 0 Å². The maximum absolute atomic E-state index is 14.1. The highest BCUT2D eigenvalue weighted by atomic mass is 19.1. The lowest BCUT2D eigenvalue weighted by Crippen LogP contribution is -2.21. The van der Waals surface area contributed by atoms with E-state index in [-0.39, 0.29) is 11.9 Å². The molecule has 0 heterocycles. The summed E-state index contributed by atoms with van der Waals surface area (Å²) in [5, 5.41) is 3.24. The predicted molar refractivity (Wildman–Crippen MR) is 71.7 cm³/mol. The van der Waals surface area contributed by atoms with E-state index in [2.05, 4.69) is 25.2 Å². The Morgan fingerprint density at radius 1 is 1.29 bits per heavy atom. The third-order valence-electron chi connectivity index (χ3n) is 3.51. The lowest BCUT2D eigenvalue weighted by atomic mass is 9.91. The van der Waals surface area contributed by atoms with Gasteiger partial charge in [-0.1, -0.05) is 26.3 Å². The molecule has 0 aromatic heterocycles. The Labute approximate surface area is 104 Å². The molecule has 1 rings (SSSR count). The molecule has 0 aliphatic rings. The van der Waals surface area contributed by atoms with E-state index < -0.39 is 0 Å². The number of halogens is 1. The Bertz CT molecular complexity index is 350. The maximum Gasteiger partial charge on any atom is 0.128 e. The van der Waals surface area contributed by atoms with Crippen molar-refractivity contribution < 1.29 is 4.39 Å². The molecule has 0 aliphatic heterocycles. The molecule has 0 saturated heterocycles. The Morgan fingerprint density at radius 2 is 1.94 bits per heavy atom. The molecule has 0 saturated carbocycles. The lowest BCUT2D eigenvalue weighted by molar-refractivity contribution is 0.409. The van der Waals surface area contributed by atoms with Crippen molar-refractivity contribution in [1.29, 1.82) is 0 Å². The number of hydrogen-bond donors (Lipinski definition) is 1. The first-order valence-electron chi connectivity index (χ1n) is 6.43. The van der Waals surface area contributed by atoms with Crippen molar-refractivity contribution in [2.75, 3.05) is 7.05 Å². The molecule has 0 bridgehead atoms. The Balaban J connectivity index is 3.03. The number of aryl methyl sites for hydroxylation is 2. The molecule has 0 radical (unpaired) electrons. The van der Waals surface area contributed by atoms with Crippen LogP contribution in [-0.4, -0.2) is 7.05 Å². The summed E-state index contributed by atoms with van der Waals surface area (Å²) < 4.78 is 14.1. The van der Waals surface area contributed by atoms with Crippen molar-refractivity contribution in [3.8, 4) is 0 Å². The van der Waals surface area contributed by atoms with E-state index in [1.54, 1.807) is 6.07 Å². The zero-order chi connectivity index (χ0) is 13.0. The van der Waals surface area contributed by atoms with Crippen LogP contribution in [0.1, 0.15) is 49.4 Å².